The highest BCUT2D eigenvalue weighted by Crippen LogP contribution is 2.20. The zero-order chi connectivity index (χ0) is 19.1. The Balaban J connectivity index is 1.60. The summed E-state index contributed by atoms with van der Waals surface area (Å²) in [6.07, 6.45) is -0.810. The van der Waals surface area contributed by atoms with E-state index >= 15 is 0 Å². The predicted molar refractivity (Wildman–Crippen MR) is 105 cm³/mol. The van der Waals surface area contributed by atoms with Crippen LogP contribution in [-0.4, -0.2) is 29.2 Å². The van der Waals surface area contributed by atoms with Gasteiger partial charge in [0.05, 0.1) is 17.3 Å². The molecule has 6 heteroatoms. The van der Waals surface area contributed by atoms with Gasteiger partial charge in [0.2, 0.25) is 0 Å². The summed E-state index contributed by atoms with van der Waals surface area (Å²) in [5.41, 5.74) is 2.44. The van der Waals surface area contributed by atoms with E-state index in [4.69, 9.17) is 4.74 Å². The normalized spacial score (nSPS) is 11.8. The first kappa shape index (κ1) is 18.7. The molecule has 1 aromatic heterocycles. The first-order chi connectivity index (χ1) is 13.2. The molecule has 0 bridgehead atoms. The van der Waals surface area contributed by atoms with Gasteiger partial charge in [-0.2, -0.15) is 0 Å². The molecule has 140 valence electrons. The largest absolute Gasteiger partial charge is 0.487 e. The minimum absolute atomic E-state index is 0.127. The number of carbonyl (C=O) groups excluding carboxylic acids is 1. The Morgan fingerprint density at radius 2 is 1.96 bits per heavy atom. The smallest absolute Gasteiger partial charge is 0.314 e. The van der Waals surface area contributed by atoms with Crippen molar-refractivity contribution in [2.24, 2.45) is 0 Å². The number of pyridine rings is 1. The summed E-state index contributed by atoms with van der Waals surface area (Å²) in [5, 5.41) is 16.6. The molecule has 0 spiro atoms. The third-order valence-corrected chi connectivity index (χ3v) is 4.08. The number of rotatable bonds is 7. The summed E-state index contributed by atoms with van der Waals surface area (Å²) in [5.74, 6) is 0.638. The highest BCUT2D eigenvalue weighted by atomic mass is 16.5. The Hall–Kier alpha value is -3.12. The second kappa shape index (κ2) is 9.00. The Morgan fingerprint density at radius 1 is 1.11 bits per heavy atom. The van der Waals surface area contributed by atoms with Crippen molar-refractivity contribution in [2.75, 3.05) is 13.1 Å². The van der Waals surface area contributed by atoms with E-state index in [9.17, 15) is 9.90 Å². The summed E-state index contributed by atoms with van der Waals surface area (Å²) in [7, 11) is 0. The van der Waals surface area contributed by atoms with Crippen LogP contribution < -0.4 is 15.4 Å². The molecular weight excluding hydrogens is 342 g/mol. The molecule has 0 fully saturated rings. The topological polar surface area (TPSA) is 83.5 Å². The van der Waals surface area contributed by atoms with Gasteiger partial charge in [0.15, 0.2) is 0 Å². The predicted octanol–water partition coefficient (Wildman–Crippen LogP) is 3.17. The number of para-hydroxylation sites is 1. The van der Waals surface area contributed by atoms with Crippen molar-refractivity contribution in [2.45, 2.75) is 19.6 Å². The van der Waals surface area contributed by atoms with Crippen molar-refractivity contribution in [1.29, 1.82) is 0 Å². The van der Waals surface area contributed by atoms with Crippen LogP contribution in [0.1, 0.15) is 24.3 Å². The van der Waals surface area contributed by atoms with Crippen LogP contribution in [0.15, 0.2) is 60.7 Å². The molecule has 3 N–H and O–H groups in total. The highest BCUT2D eigenvalue weighted by Gasteiger charge is 2.10. The summed E-state index contributed by atoms with van der Waals surface area (Å²) in [6.45, 7) is 2.83. The van der Waals surface area contributed by atoms with Gasteiger partial charge >= 0.3 is 6.03 Å². The van der Waals surface area contributed by atoms with Gasteiger partial charge in [0.1, 0.15) is 12.4 Å². The van der Waals surface area contributed by atoms with Gasteiger partial charge < -0.3 is 20.5 Å². The van der Waals surface area contributed by atoms with Crippen molar-refractivity contribution in [3.8, 4) is 5.75 Å². The van der Waals surface area contributed by atoms with Crippen LogP contribution in [0.4, 0.5) is 4.79 Å². The molecule has 27 heavy (non-hydrogen) atoms. The molecule has 1 unspecified atom stereocenters. The number of ether oxygens (including phenoxy) is 1. The van der Waals surface area contributed by atoms with Crippen molar-refractivity contribution < 1.29 is 14.6 Å². The molecule has 0 aliphatic carbocycles. The van der Waals surface area contributed by atoms with Crippen LogP contribution in [0, 0.1) is 0 Å². The van der Waals surface area contributed by atoms with E-state index in [1.165, 1.54) is 0 Å². The lowest BCUT2D eigenvalue weighted by atomic mass is 10.1. The number of nitrogens with one attached hydrogen (secondary N) is 2. The van der Waals surface area contributed by atoms with Gasteiger partial charge in [-0.3, -0.25) is 0 Å². The minimum Gasteiger partial charge on any atom is -0.487 e. The van der Waals surface area contributed by atoms with Crippen LogP contribution >= 0.6 is 0 Å². The van der Waals surface area contributed by atoms with E-state index in [2.05, 4.69) is 15.6 Å². The molecule has 3 rings (SSSR count). The third kappa shape index (κ3) is 5.18. The fourth-order valence-electron chi connectivity index (χ4n) is 2.69. The molecule has 2 amide bonds. The lowest BCUT2D eigenvalue weighted by molar-refractivity contribution is 0.172. The lowest BCUT2D eigenvalue weighted by Crippen LogP contribution is -2.37. The van der Waals surface area contributed by atoms with Crippen molar-refractivity contribution in [3.63, 3.8) is 0 Å². The molecule has 6 nitrogen and oxygen atoms in total. The molecule has 0 aliphatic heterocycles. The number of aliphatic hydroxyl groups is 1. The maximum absolute atomic E-state index is 11.4. The number of fused-ring (bicyclic) bond motifs is 1. The quantitative estimate of drug-likeness (QED) is 0.600. The number of hydrogen-bond acceptors (Lipinski definition) is 4. The number of urea groups is 1. The fourth-order valence-corrected chi connectivity index (χ4v) is 2.69. The van der Waals surface area contributed by atoms with E-state index in [0.717, 1.165) is 16.6 Å². The summed E-state index contributed by atoms with van der Waals surface area (Å²) >= 11 is 0. The monoisotopic (exact) mass is 365 g/mol. The second-order valence-electron chi connectivity index (χ2n) is 6.11. The van der Waals surface area contributed by atoms with Crippen LogP contribution in [0.5, 0.6) is 5.75 Å². The van der Waals surface area contributed by atoms with Crippen molar-refractivity contribution >= 4 is 16.9 Å². The molecular formula is C21H23N3O3. The number of benzene rings is 2. The molecule has 3 aromatic rings. The number of amides is 2. The summed E-state index contributed by atoms with van der Waals surface area (Å²) in [6, 6.07) is 18.8. The SMILES string of the molecule is CCNC(=O)NCC(O)c1cccc(OCc2ccc3ccccc3n2)c1. The minimum atomic E-state index is -0.810. The summed E-state index contributed by atoms with van der Waals surface area (Å²) in [4.78, 5) is 16.0. The average Bonchev–Trinajstić information content (AvgIpc) is 2.71. The summed E-state index contributed by atoms with van der Waals surface area (Å²) < 4.78 is 5.82. The van der Waals surface area contributed by atoms with Gasteiger partial charge in [-0.1, -0.05) is 36.4 Å². The maximum atomic E-state index is 11.4. The standard InChI is InChI=1S/C21H23N3O3/c1-2-22-21(26)23-13-20(25)16-7-5-8-18(12-16)27-14-17-11-10-15-6-3-4-9-19(15)24-17/h3-12,20,25H,2,13-14H2,1H3,(H2,22,23,26). The molecule has 0 aliphatic rings. The molecule has 1 atom stereocenters. The van der Waals surface area contributed by atoms with Gasteiger partial charge in [-0.05, 0) is 36.8 Å². The zero-order valence-corrected chi connectivity index (χ0v) is 15.2. The van der Waals surface area contributed by atoms with Gasteiger partial charge in [-0.15, -0.1) is 0 Å². The van der Waals surface area contributed by atoms with Crippen molar-refractivity contribution in [1.82, 2.24) is 15.6 Å². The number of hydrogen-bond donors (Lipinski definition) is 3. The Morgan fingerprint density at radius 3 is 2.81 bits per heavy atom. The number of carbonyl (C=O) groups is 1. The molecule has 0 radical (unpaired) electrons. The number of aliphatic hydroxyl groups excluding tert-OH is 1. The zero-order valence-electron chi connectivity index (χ0n) is 15.2. The van der Waals surface area contributed by atoms with Crippen molar-refractivity contribution in [3.05, 3.63) is 71.9 Å². The van der Waals surface area contributed by atoms with E-state index in [-0.39, 0.29) is 12.6 Å². The third-order valence-electron chi connectivity index (χ3n) is 4.08. The van der Waals surface area contributed by atoms with Crippen LogP contribution in [0.3, 0.4) is 0 Å². The molecule has 0 saturated carbocycles. The number of aromatic nitrogens is 1. The molecule has 1 heterocycles. The first-order valence-electron chi connectivity index (χ1n) is 8.93. The first-order valence-corrected chi connectivity index (χ1v) is 8.93. The van der Waals surface area contributed by atoms with Crippen LogP contribution in [-0.2, 0) is 6.61 Å². The maximum Gasteiger partial charge on any atom is 0.314 e. The number of nitrogens with zero attached hydrogens (tertiary/aromatic N) is 1. The molecule has 2 aromatic carbocycles. The van der Waals surface area contributed by atoms with E-state index in [0.29, 0.717) is 24.5 Å². The van der Waals surface area contributed by atoms with Gasteiger partial charge in [-0.25, -0.2) is 9.78 Å². The van der Waals surface area contributed by atoms with Crippen LogP contribution in [0.25, 0.3) is 10.9 Å². The second-order valence-corrected chi connectivity index (χ2v) is 6.11. The average molecular weight is 365 g/mol. The lowest BCUT2D eigenvalue weighted by Gasteiger charge is -2.14. The Bertz CT molecular complexity index is 914. The van der Waals surface area contributed by atoms with Crippen LogP contribution in [0.2, 0.25) is 0 Å². The van der Waals surface area contributed by atoms with Gasteiger partial charge in [0.25, 0.3) is 0 Å². The van der Waals surface area contributed by atoms with Gasteiger partial charge in [0, 0.05) is 18.5 Å². The fraction of sp³-hybridized carbons (Fsp3) is 0.238. The van der Waals surface area contributed by atoms with E-state index < -0.39 is 6.10 Å². The van der Waals surface area contributed by atoms with E-state index in [1.807, 2.05) is 55.5 Å². The highest BCUT2D eigenvalue weighted by molar-refractivity contribution is 5.78. The Labute approximate surface area is 158 Å². The molecule has 0 saturated heterocycles. The Kier molecular flexibility index (Phi) is 6.22. The van der Waals surface area contributed by atoms with E-state index in [1.54, 1.807) is 12.1 Å².